The maximum absolute atomic E-state index is 5.90. The molecule has 1 saturated heterocycles. The Balaban J connectivity index is 2.14. The van der Waals surface area contributed by atoms with E-state index in [0.717, 1.165) is 44.1 Å². The number of hydrogen-bond acceptors (Lipinski definition) is 3. The van der Waals surface area contributed by atoms with Crippen molar-refractivity contribution in [3.8, 4) is 0 Å². The van der Waals surface area contributed by atoms with Crippen molar-refractivity contribution in [1.29, 1.82) is 0 Å². The van der Waals surface area contributed by atoms with Crippen molar-refractivity contribution < 1.29 is 0 Å². The molecule has 4 nitrogen and oxygen atoms in total. The van der Waals surface area contributed by atoms with Gasteiger partial charge in [-0.05, 0) is 26.7 Å². The zero-order chi connectivity index (χ0) is 10.8. The lowest BCUT2D eigenvalue weighted by Crippen LogP contribution is -2.40. The van der Waals surface area contributed by atoms with Gasteiger partial charge in [-0.1, -0.05) is 0 Å². The molecule has 0 radical (unpaired) electrons. The van der Waals surface area contributed by atoms with E-state index in [9.17, 15) is 0 Å². The highest BCUT2D eigenvalue weighted by Crippen LogP contribution is 2.18. The average molecular weight is 208 g/mol. The molecule has 0 unspecified atom stereocenters. The lowest BCUT2D eigenvalue weighted by atomic mass is 10.1. The van der Waals surface area contributed by atoms with Crippen LogP contribution in [0.5, 0.6) is 0 Å². The Morgan fingerprint density at radius 3 is 2.73 bits per heavy atom. The molecule has 84 valence electrons. The monoisotopic (exact) mass is 208 g/mol. The number of nitrogens with zero attached hydrogens (tertiary/aromatic N) is 3. The third-order valence-electron chi connectivity index (χ3n) is 3.04. The standard InChI is InChI=1S/C11H20N4/c1-3-14-8-9(2)13-11(14)15-6-4-10(12)5-7-15/h8,10H,3-7,12H2,1-2H3. The molecule has 1 aliphatic heterocycles. The van der Waals surface area contributed by atoms with Gasteiger partial charge in [0, 0.05) is 31.9 Å². The molecule has 0 atom stereocenters. The zero-order valence-electron chi connectivity index (χ0n) is 9.61. The van der Waals surface area contributed by atoms with Crippen LogP contribution in [0.2, 0.25) is 0 Å². The van der Waals surface area contributed by atoms with Crippen LogP contribution in [0, 0.1) is 6.92 Å². The van der Waals surface area contributed by atoms with Gasteiger partial charge in [-0.25, -0.2) is 4.98 Å². The Hall–Kier alpha value is -1.03. The number of piperidine rings is 1. The molecule has 0 saturated carbocycles. The number of nitrogens with two attached hydrogens (primary N) is 1. The van der Waals surface area contributed by atoms with Crippen LogP contribution >= 0.6 is 0 Å². The summed E-state index contributed by atoms with van der Waals surface area (Å²) in [4.78, 5) is 6.93. The fraction of sp³-hybridized carbons (Fsp3) is 0.727. The molecule has 0 aliphatic carbocycles. The lowest BCUT2D eigenvalue weighted by Gasteiger charge is -2.31. The summed E-state index contributed by atoms with van der Waals surface area (Å²) in [6, 6.07) is 0.382. The number of imidazole rings is 1. The summed E-state index contributed by atoms with van der Waals surface area (Å²) in [5, 5.41) is 0. The van der Waals surface area contributed by atoms with Crippen LogP contribution < -0.4 is 10.6 Å². The van der Waals surface area contributed by atoms with Crippen molar-refractivity contribution in [2.24, 2.45) is 5.73 Å². The summed E-state index contributed by atoms with van der Waals surface area (Å²) < 4.78 is 2.21. The van der Waals surface area contributed by atoms with Gasteiger partial charge < -0.3 is 15.2 Å². The molecule has 1 fully saturated rings. The van der Waals surface area contributed by atoms with Crippen molar-refractivity contribution in [2.75, 3.05) is 18.0 Å². The molecule has 2 N–H and O–H groups in total. The minimum Gasteiger partial charge on any atom is -0.342 e. The van der Waals surface area contributed by atoms with Gasteiger partial charge in [0.15, 0.2) is 0 Å². The molecule has 2 rings (SSSR count). The molecule has 0 bridgehead atoms. The highest BCUT2D eigenvalue weighted by molar-refractivity contribution is 5.34. The number of aryl methyl sites for hydroxylation is 2. The zero-order valence-corrected chi connectivity index (χ0v) is 9.61. The molecule has 1 aromatic heterocycles. The molecule has 0 amide bonds. The summed E-state index contributed by atoms with van der Waals surface area (Å²) >= 11 is 0. The van der Waals surface area contributed by atoms with Gasteiger partial charge >= 0.3 is 0 Å². The van der Waals surface area contributed by atoms with E-state index in [1.165, 1.54) is 0 Å². The van der Waals surface area contributed by atoms with Gasteiger partial charge in [-0.3, -0.25) is 0 Å². The largest absolute Gasteiger partial charge is 0.342 e. The Labute approximate surface area is 91.1 Å². The van der Waals surface area contributed by atoms with Gasteiger partial charge in [0.25, 0.3) is 0 Å². The molecule has 1 aromatic rings. The molecule has 2 heterocycles. The first kappa shape index (κ1) is 10.5. The molecule has 4 heteroatoms. The Morgan fingerprint density at radius 1 is 1.47 bits per heavy atom. The fourth-order valence-corrected chi connectivity index (χ4v) is 2.12. The molecular weight excluding hydrogens is 188 g/mol. The van der Waals surface area contributed by atoms with E-state index >= 15 is 0 Å². The van der Waals surface area contributed by atoms with Gasteiger partial charge in [-0.15, -0.1) is 0 Å². The first-order chi connectivity index (χ1) is 7.20. The van der Waals surface area contributed by atoms with Crippen molar-refractivity contribution in [3.63, 3.8) is 0 Å². The van der Waals surface area contributed by atoms with Gasteiger partial charge in [-0.2, -0.15) is 0 Å². The number of hydrogen-bond donors (Lipinski definition) is 1. The predicted molar refractivity (Wildman–Crippen MR) is 62.1 cm³/mol. The second-order valence-electron chi connectivity index (χ2n) is 4.29. The van der Waals surface area contributed by atoms with Crippen LogP contribution in [0.1, 0.15) is 25.5 Å². The molecule has 0 aromatic carbocycles. The fourth-order valence-electron chi connectivity index (χ4n) is 2.12. The SMILES string of the molecule is CCn1cc(C)nc1N1CCC(N)CC1. The molecule has 15 heavy (non-hydrogen) atoms. The van der Waals surface area contributed by atoms with Gasteiger partial charge in [0.1, 0.15) is 0 Å². The topological polar surface area (TPSA) is 47.1 Å². The van der Waals surface area contributed by atoms with Gasteiger partial charge in [0.05, 0.1) is 5.69 Å². The maximum atomic E-state index is 5.90. The van der Waals surface area contributed by atoms with Crippen molar-refractivity contribution >= 4 is 5.95 Å². The van der Waals surface area contributed by atoms with Crippen molar-refractivity contribution in [2.45, 2.75) is 39.3 Å². The first-order valence-corrected chi connectivity index (χ1v) is 5.75. The summed E-state index contributed by atoms with van der Waals surface area (Å²) in [5.74, 6) is 1.11. The minimum absolute atomic E-state index is 0.382. The Kier molecular flexibility index (Phi) is 2.95. The van der Waals surface area contributed by atoms with Crippen LogP contribution in [0.3, 0.4) is 0 Å². The smallest absolute Gasteiger partial charge is 0.205 e. The Morgan fingerprint density at radius 2 is 2.13 bits per heavy atom. The van der Waals surface area contributed by atoms with E-state index in [-0.39, 0.29) is 0 Å². The lowest BCUT2D eigenvalue weighted by molar-refractivity contribution is 0.490. The van der Waals surface area contributed by atoms with E-state index < -0.39 is 0 Å². The van der Waals surface area contributed by atoms with E-state index in [4.69, 9.17) is 5.73 Å². The number of rotatable bonds is 2. The van der Waals surface area contributed by atoms with Crippen molar-refractivity contribution in [3.05, 3.63) is 11.9 Å². The highest BCUT2D eigenvalue weighted by atomic mass is 15.3. The normalized spacial score (nSPS) is 18.5. The van der Waals surface area contributed by atoms with Crippen molar-refractivity contribution in [1.82, 2.24) is 9.55 Å². The number of anilines is 1. The summed E-state index contributed by atoms with van der Waals surface area (Å²) in [7, 11) is 0. The summed E-state index contributed by atoms with van der Waals surface area (Å²) in [5.41, 5.74) is 7.00. The third kappa shape index (κ3) is 2.15. The second kappa shape index (κ2) is 4.23. The van der Waals surface area contributed by atoms with E-state index in [1.54, 1.807) is 0 Å². The third-order valence-corrected chi connectivity index (χ3v) is 3.04. The summed E-state index contributed by atoms with van der Waals surface area (Å²) in [6.07, 6.45) is 4.27. The predicted octanol–water partition coefficient (Wildman–Crippen LogP) is 1.14. The molecule has 1 aliphatic rings. The van der Waals surface area contributed by atoms with E-state index in [0.29, 0.717) is 6.04 Å². The van der Waals surface area contributed by atoms with E-state index in [2.05, 4.69) is 27.6 Å². The van der Waals surface area contributed by atoms with Crippen LogP contribution in [0.25, 0.3) is 0 Å². The number of aromatic nitrogens is 2. The highest BCUT2D eigenvalue weighted by Gasteiger charge is 2.19. The Bertz CT molecular complexity index is 323. The minimum atomic E-state index is 0.382. The van der Waals surface area contributed by atoms with Crippen LogP contribution in [0.15, 0.2) is 6.20 Å². The van der Waals surface area contributed by atoms with E-state index in [1.807, 2.05) is 6.92 Å². The van der Waals surface area contributed by atoms with Gasteiger partial charge in [0.2, 0.25) is 5.95 Å². The molecule has 0 spiro atoms. The maximum Gasteiger partial charge on any atom is 0.205 e. The van der Waals surface area contributed by atoms with Crippen LogP contribution in [0.4, 0.5) is 5.95 Å². The quantitative estimate of drug-likeness (QED) is 0.792. The summed E-state index contributed by atoms with van der Waals surface area (Å²) in [6.45, 7) is 7.26. The van der Waals surface area contributed by atoms with Crippen LogP contribution in [-0.4, -0.2) is 28.7 Å². The second-order valence-corrected chi connectivity index (χ2v) is 4.29. The van der Waals surface area contributed by atoms with Crippen LogP contribution in [-0.2, 0) is 6.54 Å². The average Bonchev–Trinajstić information content (AvgIpc) is 2.61. The molecular formula is C11H20N4. The first-order valence-electron chi connectivity index (χ1n) is 5.75.